The minimum Gasteiger partial charge on any atom is -0.401 e. The highest BCUT2D eigenvalue weighted by molar-refractivity contribution is 6.26. The number of allylic oxidation sites excluding steroid dienone is 1. The van der Waals surface area contributed by atoms with E-state index in [1.54, 1.807) is 0 Å². The Kier molecular flexibility index (Phi) is 4.62. The molecule has 0 aromatic heterocycles. The second kappa shape index (κ2) is 5.54. The van der Waals surface area contributed by atoms with Crippen LogP contribution in [0.25, 0.3) is 0 Å². The van der Waals surface area contributed by atoms with Gasteiger partial charge in [0.25, 0.3) is 0 Å². The molecule has 112 valence electrons. The third-order valence-electron chi connectivity index (χ3n) is 3.18. The first-order valence-electron chi connectivity index (χ1n) is 5.74. The summed E-state index contributed by atoms with van der Waals surface area (Å²) in [6.45, 7) is 1.11. The topological polar surface area (TPSA) is 71.1 Å². The maximum atomic E-state index is 13.2. The van der Waals surface area contributed by atoms with Crippen LogP contribution in [0.15, 0.2) is 23.5 Å². The maximum absolute atomic E-state index is 13.2. The van der Waals surface area contributed by atoms with Gasteiger partial charge in [-0.25, -0.2) is 0 Å². The summed E-state index contributed by atoms with van der Waals surface area (Å²) in [5.41, 5.74) is 2.77. The summed E-state index contributed by atoms with van der Waals surface area (Å²) in [4.78, 5) is 0. The van der Waals surface area contributed by atoms with E-state index in [1.807, 2.05) is 6.07 Å². The van der Waals surface area contributed by atoms with Crippen LogP contribution in [0.1, 0.15) is 13.3 Å². The number of nitrogens with two attached hydrogens (primary N) is 1. The third kappa shape index (κ3) is 2.86. The van der Waals surface area contributed by atoms with Crippen LogP contribution in [0, 0.1) is 16.7 Å². The second-order valence-corrected chi connectivity index (χ2v) is 5.10. The van der Waals surface area contributed by atoms with Gasteiger partial charge in [-0.1, -0.05) is 11.6 Å². The molecule has 4 nitrogen and oxygen atoms in total. The van der Waals surface area contributed by atoms with Gasteiger partial charge in [0.1, 0.15) is 5.41 Å². The lowest BCUT2D eigenvalue weighted by Crippen LogP contribution is -2.47. The van der Waals surface area contributed by atoms with Crippen molar-refractivity contribution in [3.8, 4) is 6.07 Å². The van der Waals surface area contributed by atoms with Gasteiger partial charge in [-0.05, 0) is 19.1 Å². The number of hydrogen-bond donors (Lipinski definition) is 2. The molecular formula is C12H15ClF3N3O. The van der Waals surface area contributed by atoms with Crippen LogP contribution in [0.2, 0.25) is 0 Å². The average molecular weight is 310 g/mol. The summed E-state index contributed by atoms with van der Waals surface area (Å²) in [5.74, 6) is 0. The Morgan fingerprint density at radius 3 is 2.55 bits per heavy atom. The average Bonchev–Trinajstić information content (AvgIpc) is 2.34. The highest BCUT2D eigenvalue weighted by atomic mass is 35.5. The van der Waals surface area contributed by atoms with Gasteiger partial charge in [0.05, 0.1) is 18.2 Å². The number of nitrogens with zero attached hydrogens (tertiary/aromatic N) is 1. The minimum atomic E-state index is -4.57. The Labute approximate surface area is 120 Å². The first kappa shape index (κ1) is 16.7. The van der Waals surface area contributed by atoms with Crippen molar-refractivity contribution in [1.82, 2.24) is 5.32 Å². The van der Waals surface area contributed by atoms with Crippen LogP contribution in [0.3, 0.4) is 0 Å². The molecule has 8 heteroatoms. The number of nitrogens with one attached hydrogen (secondary N) is 1. The number of hydrogen-bond acceptors (Lipinski definition) is 4. The molecule has 0 saturated heterocycles. The van der Waals surface area contributed by atoms with Gasteiger partial charge in [0.15, 0.2) is 0 Å². The molecule has 0 aromatic carbocycles. The van der Waals surface area contributed by atoms with Gasteiger partial charge in [-0.3, -0.25) is 0 Å². The Morgan fingerprint density at radius 2 is 2.10 bits per heavy atom. The van der Waals surface area contributed by atoms with Crippen LogP contribution in [-0.2, 0) is 4.74 Å². The van der Waals surface area contributed by atoms with Crippen LogP contribution in [0.5, 0.6) is 0 Å². The van der Waals surface area contributed by atoms with Crippen molar-refractivity contribution in [3.05, 3.63) is 23.5 Å². The van der Waals surface area contributed by atoms with E-state index in [2.05, 4.69) is 5.32 Å². The molecule has 0 radical (unpaired) electrons. The number of ether oxygens (including phenoxy) is 1. The summed E-state index contributed by atoms with van der Waals surface area (Å²) in [6.07, 6.45) is -2.52. The highest BCUT2D eigenvalue weighted by Crippen LogP contribution is 2.49. The summed E-state index contributed by atoms with van der Waals surface area (Å²) < 4.78 is 44.5. The van der Waals surface area contributed by atoms with E-state index in [-0.39, 0.29) is 18.7 Å². The molecule has 0 spiro atoms. The zero-order chi connectivity index (χ0) is 15.6. The van der Waals surface area contributed by atoms with Gasteiger partial charge in [-0.15, -0.1) is 0 Å². The van der Waals surface area contributed by atoms with Crippen molar-refractivity contribution < 1.29 is 17.9 Å². The Balaban J connectivity index is 3.21. The van der Waals surface area contributed by atoms with E-state index in [0.717, 1.165) is 19.1 Å². The van der Waals surface area contributed by atoms with Crippen LogP contribution >= 0.6 is 11.6 Å². The number of methoxy groups -OCH3 is 1. The zero-order valence-electron chi connectivity index (χ0n) is 11.0. The van der Waals surface area contributed by atoms with Crippen LogP contribution in [0.4, 0.5) is 13.2 Å². The first-order chi connectivity index (χ1) is 9.10. The van der Waals surface area contributed by atoms with Crippen molar-refractivity contribution in [3.63, 3.8) is 0 Å². The summed E-state index contributed by atoms with van der Waals surface area (Å²) in [5, 5.41) is 9.57. The van der Waals surface area contributed by atoms with Gasteiger partial charge >= 0.3 is 6.18 Å². The highest BCUT2D eigenvalue weighted by Gasteiger charge is 2.55. The lowest BCUT2D eigenvalue weighted by molar-refractivity contribution is -0.188. The van der Waals surface area contributed by atoms with Gasteiger partial charge in [0.2, 0.25) is 5.06 Å². The van der Waals surface area contributed by atoms with E-state index >= 15 is 0 Å². The molecule has 0 heterocycles. The number of rotatable bonds is 4. The Hall–Kier alpha value is -1.39. The van der Waals surface area contributed by atoms with Gasteiger partial charge in [0, 0.05) is 19.4 Å². The molecule has 2 atom stereocenters. The van der Waals surface area contributed by atoms with E-state index in [9.17, 15) is 13.2 Å². The molecular weight excluding hydrogens is 295 g/mol. The molecule has 0 aliphatic heterocycles. The molecule has 3 N–H and O–H groups in total. The van der Waals surface area contributed by atoms with Crippen molar-refractivity contribution in [2.75, 3.05) is 13.7 Å². The molecule has 1 rings (SSSR count). The Bertz CT molecular complexity index is 483. The second-order valence-electron chi connectivity index (χ2n) is 4.54. The third-order valence-corrected chi connectivity index (χ3v) is 3.65. The number of halogens is 4. The van der Waals surface area contributed by atoms with E-state index < -0.39 is 22.3 Å². The van der Waals surface area contributed by atoms with E-state index in [4.69, 9.17) is 27.3 Å². The monoisotopic (exact) mass is 309 g/mol. The van der Waals surface area contributed by atoms with E-state index in [0.29, 0.717) is 0 Å². The fourth-order valence-electron chi connectivity index (χ4n) is 1.74. The summed E-state index contributed by atoms with van der Waals surface area (Å²) in [7, 11) is 1.26. The molecule has 20 heavy (non-hydrogen) atoms. The lowest BCUT2D eigenvalue weighted by Gasteiger charge is -2.39. The van der Waals surface area contributed by atoms with Crippen molar-refractivity contribution >= 4 is 11.6 Å². The van der Waals surface area contributed by atoms with Crippen molar-refractivity contribution in [2.24, 2.45) is 11.1 Å². The minimum absolute atomic E-state index is 0.0194. The standard InChI is InChI=1S/C12H15ClF3N3O/c1-10(12(14,15)16)7-9(19-5-3-4-17)11(13,20-2)6-8(10)18/h6-7,19H,3,5,18H2,1-2H3. The summed E-state index contributed by atoms with van der Waals surface area (Å²) in [6, 6.07) is 1.88. The molecule has 0 fully saturated rings. The predicted octanol–water partition coefficient (Wildman–Crippen LogP) is 2.38. The van der Waals surface area contributed by atoms with Crippen molar-refractivity contribution in [2.45, 2.75) is 24.6 Å². The normalized spacial score (nSPS) is 30.2. The molecule has 0 bridgehead atoms. The number of nitriles is 1. The molecule has 0 saturated carbocycles. The fourth-order valence-corrected chi connectivity index (χ4v) is 1.98. The smallest absolute Gasteiger partial charge is 0.401 e. The molecule has 1 aliphatic carbocycles. The maximum Gasteiger partial charge on any atom is 0.403 e. The van der Waals surface area contributed by atoms with Gasteiger partial charge < -0.3 is 15.8 Å². The molecule has 0 aromatic rings. The van der Waals surface area contributed by atoms with Gasteiger partial charge in [-0.2, -0.15) is 18.4 Å². The quantitative estimate of drug-likeness (QED) is 0.618. The molecule has 2 unspecified atom stereocenters. The first-order valence-corrected chi connectivity index (χ1v) is 6.12. The van der Waals surface area contributed by atoms with E-state index in [1.165, 1.54) is 7.11 Å². The lowest BCUT2D eigenvalue weighted by atomic mass is 9.80. The fraction of sp³-hybridized carbons (Fsp3) is 0.583. The Morgan fingerprint density at radius 1 is 1.50 bits per heavy atom. The molecule has 0 amide bonds. The van der Waals surface area contributed by atoms with Crippen LogP contribution in [-0.4, -0.2) is 24.9 Å². The predicted molar refractivity (Wildman–Crippen MR) is 68.3 cm³/mol. The van der Waals surface area contributed by atoms with Crippen LogP contribution < -0.4 is 11.1 Å². The molecule has 1 aliphatic rings. The zero-order valence-corrected chi connectivity index (χ0v) is 11.8. The summed E-state index contributed by atoms with van der Waals surface area (Å²) >= 11 is 6.12. The number of alkyl halides is 4. The largest absolute Gasteiger partial charge is 0.403 e. The van der Waals surface area contributed by atoms with Crippen molar-refractivity contribution in [1.29, 1.82) is 5.26 Å². The SMILES string of the molecule is COC1(Cl)C=C(N)C(C)(C(F)(F)F)C=C1NCCC#N.